The van der Waals surface area contributed by atoms with Gasteiger partial charge < -0.3 is 11.1 Å². The summed E-state index contributed by atoms with van der Waals surface area (Å²) in [5.74, 6) is -0.437. The SMILES string of the molecule is CC(CC(=O)NC1CCCCC1CN)c1ccccc1C(F)(F)F.Cl. The van der Waals surface area contributed by atoms with Gasteiger partial charge in [0.2, 0.25) is 5.91 Å². The molecule has 0 radical (unpaired) electrons. The normalized spacial score (nSPS) is 22.0. The van der Waals surface area contributed by atoms with Crippen LogP contribution in [0.25, 0.3) is 0 Å². The van der Waals surface area contributed by atoms with Crippen LogP contribution >= 0.6 is 12.4 Å². The number of alkyl halides is 3. The standard InChI is InChI=1S/C18H25F3N2O.ClH/c1-12(14-7-3-4-8-15(14)18(19,20)21)10-17(24)23-16-9-5-2-6-13(16)11-22;/h3-4,7-8,12-13,16H,2,5-6,9-11,22H2,1H3,(H,23,24);1H. The van der Waals surface area contributed by atoms with Gasteiger partial charge in [0.1, 0.15) is 0 Å². The molecule has 0 aromatic heterocycles. The van der Waals surface area contributed by atoms with Crippen molar-refractivity contribution >= 4 is 18.3 Å². The van der Waals surface area contributed by atoms with Gasteiger partial charge in [0.05, 0.1) is 5.56 Å². The second-order valence-electron chi connectivity index (χ2n) is 6.64. The summed E-state index contributed by atoms with van der Waals surface area (Å²) in [4.78, 5) is 12.3. The van der Waals surface area contributed by atoms with Crippen LogP contribution in [-0.2, 0) is 11.0 Å². The van der Waals surface area contributed by atoms with Crippen LogP contribution in [-0.4, -0.2) is 18.5 Å². The number of amides is 1. The second kappa shape index (κ2) is 9.43. The van der Waals surface area contributed by atoms with Crippen molar-refractivity contribution in [2.45, 2.75) is 57.2 Å². The first kappa shape index (κ1) is 21.8. The largest absolute Gasteiger partial charge is 0.416 e. The monoisotopic (exact) mass is 378 g/mol. The fraction of sp³-hybridized carbons (Fsp3) is 0.611. The van der Waals surface area contributed by atoms with Crippen LogP contribution in [0.1, 0.15) is 56.1 Å². The highest BCUT2D eigenvalue weighted by atomic mass is 35.5. The van der Waals surface area contributed by atoms with E-state index in [1.54, 1.807) is 13.0 Å². The highest BCUT2D eigenvalue weighted by Gasteiger charge is 2.34. The molecule has 142 valence electrons. The summed E-state index contributed by atoms with van der Waals surface area (Å²) >= 11 is 0. The van der Waals surface area contributed by atoms with Crippen LogP contribution in [0.4, 0.5) is 13.2 Å². The Balaban J connectivity index is 0.00000312. The molecule has 25 heavy (non-hydrogen) atoms. The molecule has 0 spiro atoms. The number of nitrogens with one attached hydrogen (secondary N) is 1. The quantitative estimate of drug-likeness (QED) is 0.804. The summed E-state index contributed by atoms with van der Waals surface area (Å²) in [6.45, 7) is 2.18. The van der Waals surface area contributed by atoms with Gasteiger partial charge in [0.25, 0.3) is 0 Å². The van der Waals surface area contributed by atoms with E-state index in [9.17, 15) is 18.0 Å². The van der Waals surface area contributed by atoms with Crippen molar-refractivity contribution in [2.24, 2.45) is 11.7 Å². The third-order valence-electron chi connectivity index (χ3n) is 4.85. The minimum absolute atomic E-state index is 0. The van der Waals surface area contributed by atoms with Gasteiger partial charge in [-0.3, -0.25) is 4.79 Å². The number of carbonyl (C=O) groups excluding carboxylic acids is 1. The van der Waals surface area contributed by atoms with Crippen molar-refractivity contribution in [3.05, 3.63) is 35.4 Å². The molecule has 1 aliphatic rings. The molecule has 1 aromatic carbocycles. The lowest BCUT2D eigenvalue weighted by molar-refractivity contribution is -0.138. The molecule has 0 bridgehead atoms. The summed E-state index contributed by atoms with van der Waals surface area (Å²) in [7, 11) is 0. The highest BCUT2D eigenvalue weighted by molar-refractivity contribution is 5.85. The van der Waals surface area contributed by atoms with Crippen molar-refractivity contribution in [1.82, 2.24) is 5.32 Å². The molecular formula is C18H26ClF3N2O. The first-order valence-electron chi connectivity index (χ1n) is 8.48. The van der Waals surface area contributed by atoms with Gasteiger partial charge in [-0.1, -0.05) is 38.0 Å². The molecule has 3 N–H and O–H groups in total. The molecular weight excluding hydrogens is 353 g/mol. The van der Waals surface area contributed by atoms with Crippen molar-refractivity contribution in [3.8, 4) is 0 Å². The molecule has 1 amide bonds. The summed E-state index contributed by atoms with van der Waals surface area (Å²) in [5.41, 5.74) is 5.25. The fourth-order valence-electron chi connectivity index (χ4n) is 3.52. The third-order valence-corrected chi connectivity index (χ3v) is 4.85. The molecule has 0 aliphatic heterocycles. The van der Waals surface area contributed by atoms with E-state index in [1.807, 2.05) is 0 Å². The Morgan fingerprint density at radius 1 is 1.28 bits per heavy atom. The molecule has 3 atom stereocenters. The minimum Gasteiger partial charge on any atom is -0.353 e. The third kappa shape index (κ3) is 5.89. The van der Waals surface area contributed by atoms with Crippen LogP contribution in [0.5, 0.6) is 0 Å². The van der Waals surface area contributed by atoms with Crippen LogP contribution in [0.15, 0.2) is 24.3 Å². The molecule has 1 aliphatic carbocycles. The molecule has 1 fully saturated rings. The zero-order valence-electron chi connectivity index (χ0n) is 14.3. The maximum absolute atomic E-state index is 13.1. The van der Waals surface area contributed by atoms with Crippen molar-refractivity contribution in [1.29, 1.82) is 0 Å². The molecule has 1 aromatic rings. The van der Waals surface area contributed by atoms with E-state index in [1.165, 1.54) is 12.1 Å². The van der Waals surface area contributed by atoms with Crippen LogP contribution < -0.4 is 11.1 Å². The van der Waals surface area contributed by atoms with E-state index in [0.717, 1.165) is 31.7 Å². The number of carbonyl (C=O) groups is 1. The van der Waals surface area contributed by atoms with Gasteiger partial charge >= 0.3 is 6.18 Å². The average Bonchev–Trinajstić information content (AvgIpc) is 2.54. The van der Waals surface area contributed by atoms with Gasteiger partial charge in [0.15, 0.2) is 0 Å². The predicted octanol–water partition coefficient (Wildman–Crippen LogP) is 4.25. The lowest BCUT2D eigenvalue weighted by Crippen LogP contribution is -2.45. The Bertz CT molecular complexity index is 565. The van der Waals surface area contributed by atoms with Crippen LogP contribution in [0.3, 0.4) is 0 Å². The summed E-state index contributed by atoms with van der Waals surface area (Å²) < 4.78 is 39.3. The van der Waals surface area contributed by atoms with E-state index in [-0.39, 0.29) is 42.3 Å². The maximum Gasteiger partial charge on any atom is 0.416 e. The maximum atomic E-state index is 13.1. The molecule has 2 rings (SSSR count). The van der Waals surface area contributed by atoms with E-state index in [0.29, 0.717) is 6.54 Å². The second-order valence-corrected chi connectivity index (χ2v) is 6.64. The molecule has 0 saturated heterocycles. The Morgan fingerprint density at radius 2 is 1.92 bits per heavy atom. The number of hydrogen-bond donors (Lipinski definition) is 2. The Hall–Kier alpha value is -1.27. The molecule has 0 heterocycles. The molecule has 7 heteroatoms. The molecule has 1 saturated carbocycles. The molecule has 3 unspecified atom stereocenters. The summed E-state index contributed by atoms with van der Waals surface area (Å²) in [6.07, 6.45) is -0.317. The van der Waals surface area contributed by atoms with Gasteiger partial charge in [-0.2, -0.15) is 13.2 Å². The first-order valence-corrected chi connectivity index (χ1v) is 8.48. The number of halogens is 4. The number of nitrogens with two attached hydrogens (primary N) is 1. The van der Waals surface area contributed by atoms with Crippen LogP contribution in [0.2, 0.25) is 0 Å². The highest BCUT2D eigenvalue weighted by Crippen LogP contribution is 2.36. The summed E-state index contributed by atoms with van der Waals surface area (Å²) in [5, 5.41) is 2.98. The Morgan fingerprint density at radius 3 is 2.56 bits per heavy atom. The van der Waals surface area contributed by atoms with Crippen molar-refractivity contribution in [2.75, 3.05) is 6.54 Å². The minimum atomic E-state index is -4.41. The predicted molar refractivity (Wildman–Crippen MR) is 94.7 cm³/mol. The van der Waals surface area contributed by atoms with Crippen LogP contribution in [0, 0.1) is 5.92 Å². The zero-order chi connectivity index (χ0) is 17.7. The lowest BCUT2D eigenvalue weighted by Gasteiger charge is -2.31. The Labute approximate surface area is 153 Å². The van der Waals surface area contributed by atoms with Gasteiger partial charge in [-0.25, -0.2) is 0 Å². The Kier molecular flexibility index (Phi) is 8.22. The van der Waals surface area contributed by atoms with E-state index in [4.69, 9.17) is 5.73 Å². The van der Waals surface area contributed by atoms with Gasteiger partial charge in [-0.15, -0.1) is 12.4 Å². The fourth-order valence-corrected chi connectivity index (χ4v) is 3.52. The molecule has 3 nitrogen and oxygen atoms in total. The van der Waals surface area contributed by atoms with E-state index in [2.05, 4.69) is 5.32 Å². The summed E-state index contributed by atoms with van der Waals surface area (Å²) in [6, 6.07) is 5.50. The van der Waals surface area contributed by atoms with Crippen molar-refractivity contribution < 1.29 is 18.0 Å². The van der Waals surface area contributed by atoms with Crippen molar-refractivity contribution in [3.63, 3.8) is 0 Å². The topological polar surface area (TPSA) is 55.1 Å². The van der Waals surface area contributed by atoms with E-state index < -0.39 is 17.7 Å². The number of hydrogen-bond acceptors (Lipinski definition) is 2. The lowest BCUT2D eigenvalue weighted by atomic mass is 9.84. The van der Waals surface area contributed by atoms with Gasteiger partial charge in [0, 0.05) is 12.5 Å². The zero-order valence-corrected chi connectivity index (χ0v) is 15.1. The smallest absolute Gasteiger partial charge is 0.353 e. The number of benzene rings is 1. The number of rotatable bonds is 5. The average molecular weight is 379 g/mol. The first-order chi connectivity index (χ1) is 11.3. The van der Waals surface area contributed by atoms with Gasteiger partial charge in [-0.05, 0) is 42.9 Å². The van der Waals surface area contributed by atoms with E-state index >= 15 is 0 Å².